The van der Waals surface area contributed by atoms with E-state index in [1.54, 1.807) is 0 Å². The number of nitrogens with one attached hydrogen (secondary N) is 1. The molecule has 0 aromatic heterocycles. The molecule has 4 nitrogen and oxygen atoms in total. The fraction of sp³-hybridized carbons (Fsp3) is 1.00. The highest BCUT2D eigenvalue weighted by Crippen LogP contribution is 2.24. The third-order valence-corrected chi connectivity index (χ3v) is 2.88. The second-order valence-electron chi connectivity index (χ2n) is 2.98. The third kappa shape index (κ3) is 2.82. The van der Waals surface area contributed by atoms with Crippen LogP contribution in [0.15, 0.2) is 0 Å². The molecule has 1 saturated heterocycles. The van der Waals surface area contributed by atoms with Crippen molar-refractivity contribution in [3.8, 4) is 0 Å². The molecule has 14 heavy (non-hydrogen) atoms. The lowest BCUT2D eigenvalue weighted by atomic mass is 10.2. The standard InChI is InChI=1S/C6H10F3NO3S/c7-6(8,9)14(11,12)13-4-5-2-1-3-10-5/h5,10H,1-4H2. The van der Waals surface area contributed by atoms with Crippen LogP contribution in [0.5, 0.6) is 0 Å². The van der Waals surface area contributed by atoms with Gasteiger partial charge in [-0.1, -0.05) is 0 Å². The van der Waals surface area contributed by atoms with E-state index in [4.69, 9.17) is 0 Å². The van der Waals surface area contributed by atoms with Gasteiger partial charge in [-0.2, -0.15) is 21.6 Å². The van der Waals surface area contributed by atoms with E-state index in [1.807, 2.05) is 0 Å². The van der Waals surface area contributed by atoms with E-state index in [0.29, 0.717) is 13.0 Å². The Balaban J connectivity index is 2.44. The third-order valence-electron chi connectivity index (χ3n) is 1.87. The quantitative estimate of drug-likeness (QED) is 0.573. The predicted octanol–water partition coefficient (Wildman–Crippen LogP) is 0.605. The minimum absolute atomic E-state index is 0.299. The normalized spacial score (nSPS) is 24.1. The number of rotatable bonds is 3. The van der Waals surface area contributed by atoms with Gasteiger partial charge in [0.2, 0.25) is 0 Å². The second-order valence-corrected chi connectivity index (χ2v) is 4.58. The summed E-state index contributed by atoms with van der Waals surface area (Å²) in [7, 11) is -5.43. The summed E-state index contributed by atoms with van der Waals surface area (Å²) in [6.45, 7) is 0.224. The zero-order chi connectivity index (χ0) is 10.8. The van der Waals surface area contributed by atoms with Crippen molar-refractivity contribution in [2.75, 3.05) is 13.2 Å². The van der Waals surface area contributed by atoms with Gasteiger partial charge in [-0.25, -0.2) is 0 Å². The summed E-state index contributed by atoms with van der Waals surface area (Å²) in [5, 5.41) is 2.82. The average Bonchev–Trinajstić information content (AvgIpc) is 2.50. The van der Waals surface area contributed by atoms with Crippen LogP contribution in [-0.4, -0.2) is 33.1 Å². The summed E-state index contributed by atoms with van der Waals surface area (Å²) >= 11 is 0. The van der Waals surface area contributed by atoms with Gasteiger partial charge in [0.15, 0.2) is 0 Å². The smallest absolute Gasteiger partial charge is 0.312 e. The molecule has 1 atom stereocenters. The minimum Gasteiger partial charge on any atom is -0.312 e. The van der Waals surface area contributed by atoms with Gasteiger partial charge in [0.25, 0.3) is 0 Å². The topological polar surface area (TPSA) is 55.4 Å². The van der Waals surface area contributed by atoms with Crippen LogP contribution in [0.1, 0.15) is 12.8 Å². The summed E-state index contributed by atoms with van der Waals surface area (Å²) < 4.78 is 60.1. The molecule has 84 valence electrons. The van der Waals surface area contributed by atoms with E-state index in [1.165, 1.54) is 0 Å². The maximum absolute atomic E-state index is 11.8. The summed E-state index contributed by atoms with van der Waals surface area (Å²) in [6, 6.07) is -0.299. The first-order chi connectivity index (χ1) is 6.33. The summed E-state index contributed by atoms with van der Waals surface area (Å²) in [4.78, 5) is 0. The molecule has 1 N–H and O–H groups in total. The first-order valence-corrected chi connectivity index (χ1v) is 5.43. The van der Waals surface area contributed by atoms with Crippen LogP contribution < -0.4 is 5.32 Å². The van der Waals surface area contributed by atoms with E-state index in [9.17, 15) is 21.6 Å². The molecule has 1 heterocycles. The van der Waals surface area contributed by atoms with Crippen molar-refractivity contribution in [2.45, 2.75) is 24.4 Å². The molecular formula is C6H10F3NO3S. The predicted molar refractivity (Wildman–Crippen MR) is 42.0 cm³/mol. The fourth-order valence-electron chi connectivity index (χ4n) is 1.14. The molecule has 1 unspecified atom stereocenters. The van der Waals surface area contributed by atoms with E-state index in [0.717, 1.165) is 6.42 Å². The van der Waals surface area contributed by atoms with Gasteiger partial charge in [0, 0.05) is 6.04 Å². The van der Waals surface area contributed by atoms with E-state index in [-0.39, 0.29) is 6.04 Å². The number of halogens is 3. The van der Waals surface area contributed by atoms with E-state index in [2.05, 4.69) is 9.50 Å². The molecule has 1 aliphatic rings. The van der Waals surface area contributed by atoms with Crippen LogP contribution in [0.2, 0.25) is 0 Å². The van der Waals surface area contributed by atoms with Gasteiger partial charge in [0.05, 0.1) is 6.61 Å². The Morgan fingerprint density at radius 3 is 2.50 bits per heavy atom. The van der Waals surface area contributed by atoms with Crippen LogP contribution >= 0.6 is 0 Å². The van der Waals surface area contributed by atoms with Gasteiger partial charge in [-0.3, -0.25) is 4.18 Å². The highest BCUT2D eigenvalue weighted by atomic mass is 32.2. The lowest BCUT2D eigenvalue weighted by molar-refractivity contribution is -0.0545. The average molecular weight is 233 g/mol. The number of hydrogen-bond donors (Lipinski definition) is 1. The monoisotopic (exact) mass is 233 g/mol. The molecule has 0 amide bonds. The molecule has 0 aromatic rings. The molecule has 0 aliphatic carbocycles. The van der Waals surface area contributed by atoms with Gasteiger partial charge in [-0.15, -0.1) is 0 Å². The van der Waals surface area contributed by atoms with E-state index < -0.39 is 22.2 Å². The fourth-order valence-corrected chi connectivity index (χ4v) is 1.61. The first-order valence-electron chi connectivity index (χ1n) is 4.02. The molecule has 0 spiro atoms. The Kier molecular flexibility index (Phi) is 3.38. The molecule has 0 saturated carbocycles. The zero-order valence-corrected chi connectivity index (χ0v) is 7.99. The van der Waals surface area contributed by atoms with Crippen molar-refractivity contribution in [2.24, 2.45) is 0 Å². The van der Waals surface area contributed by atoms with Gasteiger partial charge >= 0.3 is 15.6 Å². The molecule has 1 fully saturated rings. The molecule has 1 aliphatic heterocycles. The zero-order valence-electron chi connectivity index (χ0n) is 7.17. The van der Waals surface area contributed by atoms with Crippen LogP contribution in [0.3, 0.4) is 0 Å². The van der Waals surface area contributed by atoms with Crippen LogP contribution in [0, 0.1) is 0 Å². The van der Waals surface area contributed by atoms with Crippen molar-refractivity contribution in [1.82, 2.24) is 5.32 Å². The number of hydrogen-bond acceptors (Lipinski definition) is 4. The Morgan fingerprint density at radius 2 is 2.07 bits per heavy atom. The Morgan fingerprint density at radius 1 is 1.43 bits per heavy atom. The molecule has 0 aromatic carbocycles. The second kappa shape index (κ2) is 4.03. The Bertz CT molecular complexity index is 281. The molecule has 8 heteroatoms. The largest absolute Gasteiger partial charge is 0.523 e. The minimum atomic E-state index is -5.43. The highest BCUT2D eigenvalue weighted by Gasteiger charge is 2.47. The van der Waals surface area contributed by atoms with Gasteiger partial charge < -0.3 is 5.32 Å². The summed E-state index contributed by atoms with van der Waals surface area (Å²) in [5.41, 5.74) is -5.33. The Hall–Kier alpha value is -0.340. The highest BCUT2D eigenvalue weighted by molar-refractivity contribution is 7.87. The molecule has 1 rings (SSSR count). The Labute approximate surface area is 79.6 Å². The van der Waals surface area contributed by atoms with Gasteiger partial charge in [-0.05, 0) is 19.4 Å². The van der Waals surface area contributed by atoms with Crippen molar-refractivity contribution < 1.29 is 25.8 Å². The van der Waals surface area contributed by atoms with Crippen LogP contribution in [0.4, 0.5) is 13.2 Å². The van der Waals surface area contributed by atoms with Crippen LogP contribution in [-0.2, 0) is 14.3 Å². The summed E-state index contributed by atoms with van der Waals surface area (Å²) in [6.07, 6.45) is 1.45. The molecule has 0 radical (unpaired) electrons. The summed E-state index contributed by atoms with van der Waals surface area (Å²) in [5.74, 6) is 0. The maximum Gasteiger partial charge on any atom is 0.523 e. The maximum atomic E-state index is 11.8. The van der Waals surface area contributed by atoms with Crippen molar-refractivity contribution in [3.63, 3.8) is 0 Å². The lowest BCUT2D eigenvalue weighted by Gasteiger charge is -2.12. The SMILES string of the molecule is O=S(=O)(OCC1CCCN1)C(F)(F)F. The van der Waals surface area contributed by atoms with Crippen molar-refractivity contribution >= 4 is 10.1 Å². The first kappa shape index (κ1) is 11.7. The van der Waals surface area contributed by atoms with E-state index >= 15 is 0 Å². The molecule has 0 bridgehead atoms. The van der Waals surface area contributed by atoms with Gasteiger partial charge in [0.1, 0.15) is 0 Å². The lowest BCUT2D eigenvalue weighted by Crippen LogP contribution is -2.32. The van der Waals surface area contributed by atoms with Crippen molar-refractivity contribution in [3.05, 3.63) is 0 Å². The number of alkyl halides is 3. The molecular weight excluding hydrogens is 223 g/mol. The van der Waals surface area contributed by atoms with Crippen LogP contribution in [0.25, 0.3) is 0 Å². The van der Waals surface area contributed by atoms with Crippen molar-refractivity contribution in [1.29, 1.82) is 0 Å².